The number of rotatable bonds is 8. The second-order valence-corrected chi connectivity index (χ2v) is 8.60. The lowest BCUT2D eigenvalue weighted by Crippen LogP contribution is -2.50. The summed E-state index contributed by atoms with van der Waals surface area (Å²) < 4.78 is 70.8. The van der Waals surface area contributed by atoms with Crippen molar-refractivity contribution in [3.63, 3.8) is 0 Å². The molecule has 2 aliphatic heterocycles. The van der Waals surface area contributed by atoms with Crippen LogP contribution < -0.4 is 15.2 Å². The summed E-state index contributed by atoms with van der Waals surface area (Å²) in [6.07, 6.45) is -0.251. The lowest BCUT2D eigenvalue weighted by Gasteiger charge is -2.44. The van der Waals surface area contributed by atoms with Gasteiger partial charge in [-0.15, -0.1) is 0 Å². The number of carbonyl (C=O) groups is 1. The van der Waals surface area contributed by atoms with Crippen molar-refractivity contribution in [3.8, 4) is 17.0 Å². The molecule has 2 aliphatic rings. The fourth-order valence-electron chi connectivity index (χ4n) is 4.70. The van der Waals surface area contributed by atoms with Gasteiger partial charge in [-0.3, -0.25) is 14.5 Å². The fraction of sp³-hybridized carbons (Fsp3) is 0.520. The van der Waals surface area contributed by atoms with Crippen LogP contribution in [-0.4, -0.2) is 50.6 Å². The summed E-state index contributed by atoms with van der Waals surface area (Å²) in [5, 5.41) is 2.05. The molecule has 1 saturated heterocycles. The van der Waals surface area contributed by atoms with Gasteiger partial charge in [0.05, 0.1) is 43.0 Å². The van der Waals surface area contributed by atoms with Crippen LogP contribution >= 0.6 is 0 Å². The molecule has 1 atom stereocenters. The average Bonchev–Trinajstić information content (AvgIpc) is 3.18. The van der Waals surface area contributed by atoms with Gasteiger partial charge in [0.25, 0.3) is 0 Å². The Morgan fingerprint density at radius 3 is 2.67 bits per heavy atom. The summed E-state index contributed by atoms with van der Waals surface area (Å²) in [5.74, 6) is -0.770. The number of methoxy groups -OCH3 is 3. The number of nitrogens with zero attached hydrogens (tertiary/aromatic N) is 2. The maximum atomic E-state index is 12.9. The number of carbonyl (C=O) groups excluding carboxylic acids is 1. The van der Waals surface area contributed by atoms with Crippen molar-refractivity contribution in [2.45, 2.75) is 51.2 Å². The van der Waals surface area contributed by atoms with Crippen molar-refractivity contribution >= 4 is 5.97 Å². The Morgan fingerprint density at radius 2 is 1.97 bits per heavy atom. The van der Waals surface area contributed by atoms with Crippen molar-refractivity contribution in [1.29, 1.82) is 0 Å². The Morgan fingerprint density at radius 1 is 1.18 bits per heavy atom. The molecule has 178 valence electrons. The van der Waals surface area contributed by atoms with Gasteiger partial charge >= 0.3 is 5.97 Å². The molecule has 0 saturated carbocycles. The van der Waals surface area contributed by atoms with Gasteiger partial charge in [-0.1, -0.05) is 0 Å². The summed E-state index contributed by atoms with van der Waals surface area (Å²) in [4.78, 5) is 25.3. The van der Waals surface area contributed by atoms with E-state index in [1.165, 1.54) is 26.5 Å². The van der Waals surface area contributed by atoms with Crippen LogP contribution in [0.25, 0.3) is 11.3 Å². The van der Waals surface area contributed by atoms with Gasteiger partial charge in [-0.25, -0.2) is 4.79 Å². The smallest absolute Gasteiger partial charge is 0.343 e. The lowest BCUT2D eigenvalue weighted by molar-refractivity contribution is 0.0598. The number of fused-ring (bicyclic) bond motifs is 6. The molecule has 1 aromatic carbocycles. The number of aromatic nitrogens is 1. The van der Waals surface area contributed by atoms with Gasteiger partial charge < -0.3 is 18.9 Å². The molecule has 3 heterocycles. The number of esters is 1. The molecular weight excluding hydrogens is 424 g/mol. The van der Waals surface area contributed by atoms with E-state index in [1.807, 2.05) is 18.9 Å². The lowest BCUT2D eigenvalue weighted by atomic mass is 9.92. The number of ether oxygens (including phenoxy) is 4. The summed E-state index contributed by atoms with van der Waals surface area (Å²) in [6, 6.07) is 4.40. The van der Waals surface area contributed by atoms with Crippen LogP contribution in [0, 0.1) is 0 Å². The van der Waals surface area contributed by atoms with E-state index < -0.39 is 30.9 Å². The van der Waals surface area contributed by atoms with Crippen molar-refractivity contribution in [2.24, 2.45) is 0 Å². The summed E-state index contributed by atoms with van der Waals surface area (Å²) in [7, 11) is 3.59. The van der Waals surface area contributed by atoms with Crippen LogP contribution in [0.1, 0.15) is 68.8 Å². The zero-order chi connectivity index (χ0) is 29.1. The predicted molar refractivity (Wildman–Crippen MR) is 124 cm³/mol. The molecular formula is C25H32N2O6. The monoisotopic (exact) mass is 462 g/mol. The van der Waals surface area contributed by atoms with Crippen molar-refractivity contribution in [2.75, 3.05) is 39.5 Å². The van der Waals surface area contributed by atoms with Crippen molar-refractivity contribution in [1.82, 2.24) is 4.68 Å². The molecule has 0 bridgehead atoms. The van der Waals surface area contributed by atoms with E-state index in [0.717, 1.165) is 13.5 Å². The molecule has 0 amide bonds. The molecule has 1 aromatic heterocycles. The van der Waals surface area contributed by atoms with Crippen molar-refractivity contribution in [3.05, 3.63) is 51.3 Å². The highest BCUT2D eigenvalue weighted by atomic mass is 16.5. The minimum Gasteiger partial charge on any atom is -0.493 e. The second-order valence-electron chi connectivity index (χ2n) is 8.60. The Balaban J connectivity index is 1.94. The van der Waals surface area contributed by atoms with E-state index in [1.54, 1.807) is 16.8 Å². The van der Waals surface area contributed by atoms with Crippen LogP contribution in [0.15, 0.2) is 29.2 Å². The molecule has 8 nitrogen and oxygen atoms in total. The molecule has 0 radical (unpaired) electrons. The zero-order valence-electron chi connectivity index (χ0n) is 25.4. The first-order valence-corrected chi connectivity index (χ1v) is 10.6. The third-order valence-electron chi connectivity index (χ3n) is 6.15. The van der Waals surface area contributed by atoms with Gasteiger partial charge in [-0.05, 0) is 44.4 Å². The SMILES string of the molecule is [2H]C([2H])(OC)C([2H])([2H])C([2H])([2H])Oc1cc2c(cc1COC)-c1cc(=O)c(C(=O)OC)cn1N1[C@@H]2CCC1(C)C. The van der Waals surface area contributed by atoms with Crippen LogP contribution in [0.3, 0.4) is 0 Å². The average molecular weight is 463 g/mol. The van der Waals surface area contributed by atoms with Crippen LogP contribution in [0.5, 0.6) is 5.75 Å². The standard InChI is InChI=1S/C25H32N2O6/c1-25(2)8-7-20-18-12-23(33-10-6-9-30-3)16(15-31-4)11-17(18)21-13-22(28)19(24(29)32-5)14-26(21)27(20)25/h11-14,20H,6-10,15H2,1-5H3/t20-/m1/s1/i6D2,9D2,10D2. The molecule has 0 unspecified atom stereocenters. The molecule has 0 N–H and O–H groups in total. The topological polar surface area (TPSA) is 79.2 Å². The van der Waals surface area contributed by atoms with Gasteiger partial charge in [0.2, 0.25) is 0 Å². The van der Waals surface area contributed by atoms with E-state index in [2.05, 4.69) is 4.74 Å². The Hall–Kier alpha value is -2.84. The van der Waals surface area contributed by atoms with Crippen LogP contribution in [0.2, 0.25) is 0 Å². The van der Waals surface area contributed by atoms with Gasteiger partial charge in [0.15, 0.2) is 5.43 Å². The quantitative estimate of drug-likeness (QED) is 0.556. The van der Waals surface area contributed by atoms with Gasteiger partial charge in [0, 0.05) is 53.3 Å². The predicted octanol–water partition coefficient (Wildman–Crippen LogP) is 3.43. The van der Waals surface area contributed by atoms with E-state index in [4.69, 9.17) is 22.4 Å². The van der Waals surface area contributed by atoms with Gasteiger partial charge in [0.1, 0.15) is 11.3 Å². The molecule has 1 fully saturated rings. The first-order chi connectivity index (χ1) is 18.0. The third kappa shape index (κ3) is 4.13. The highest BCUT2D eigenvalue weighted by Crippen LogP contribution is 2.49. The van der Waals surface area contributed by atoms with Gasteiger partial charge in [-0.2, -0.15) is 0 Å². The summed E-state index contributed by atoms with van der Waals surface area (Å²) in [6.45, 7) is -2.10. The molecule has 33 heavy (non-hydrogen) atoms. The Labute approximate surface area is 202 Å². The van der Waals surface area contributed by atoms with Crippen LogP contribution in [0.4, 0.5) is 0 Å². The van der Waals surface area contributed by atoms with E-state index in [-0.39, 0.29) is 29.5 Å². The normalized spacial score (nSPS) is 21.8. The molecule has 4 rings (SSSR count). The first kappa shape index (κ1) is 16.7. The summed E-state index contributed by atoms with van der Waals surface area (Å²) >= 11 is 0. The molecule has 0 spiro atoms. The number of hydrogen-bond donors (Lipinski definition) is 0. The number of benzene rings is 1. The van der Waals surface area contributed by atoms with E-state index in [0.29, 0.717) is 28.8 Å². The maximum Gasteiger partial charge on any atom is 0.343 e. The highest BCUT2D eigenvalue weighted by molar-refractivity contribution is 5.89. The fourth-order valence-corrected chi connectivity index (χ4v) is 4.70. The second kappa shape index (κ2) is 9.19. The minimum atomic E-state index is -3.19. The largest absolute Gasteiger partial charge is 0.493 e. The zero-order valence-corrected chi connectivity index (χ0v) is 19.4. The molecule has 2 aromatic rings. The van der Waals surface area contributed by atoms with E-state index >= 15 is 0 Å². The number of pyridine rings is 1. The van der Waals surface area contributed by atoms with Crippen LogP contribution in [-0.2, 0) is 20.8 Å². The summed E-state index contributed by atoms with van der Waals surface area (Å²) in [5.41, 5.74) is 1.22. The maximum absolute atomic E-state index is 12.9. The van der Waals surface area contributed by atoms with Crippen molar-refractivity contribution < 1.29 is 32.0 Å². The molecule has 8 heteroatoms. The number of hydrogen-bond acceptors (Lipinski definition) is 7. The Bertz CT molecular complexity index is 1360. The first-order valence-electron chi connectivity index (χ1n) is 13.6. The third-order valence-corrected chi connectivity index (χ3v) is 6.15. The minimum absolute atomic E-state index is 0.0250. The highest BCUT2D eigenvalue weighted by Gasteiger charge is 2.45. The Kier molecular flexibility index (Phi) is 4.66. The molecule has 0 aliphatic carbocycles. The van der Waals surface area contributed by atoms with E-state index in [9.17, 15) is 9.59 Å².